The number of hydrogen-bond donors (Lipinski definition) is 0. The number of fused-ring (bicyclic) bond motifs is 3. The van der Waals surface area contributed by atoms with Gasteiger partial charge in [0, 0.05) is 21.5 Å². The lowest BCUT2D eigenvalue weighted by Crippen LogP contribution is -2.17. The molecule has 3 aromatic carbocycles. The first-order valence-corrected chi connectivity index (χ1v) is 10.3. The zero-order valence-electron chi connectivity index (χ0n) is 17.6. The third kappa shape index (κ3) is 3.22. The third-order valence-corrected chi connectivity index (χ3v) is 5.78. The van der Waals surface area contributed by atoms with Gasteiger partial charge < -0.3 is 4.57 Å². The molecule has 1 heterocycles. The van der Waals surface area contributed by atoms with Gasteiger partial charge in [0.15, 0.2) is 0 Å². The number of hydrogen-bond acceptors (Lipinski definition) is 0. The fourth-order valence-corrected chi connectivity index (χ4v) is 3.99. The molecular formula is C26H28ClN. The van der Waals surface area contributed by atoms with Crippen LogP contribution in [-0.2, 0) is 10.8 Å². The van der Waals surface area contributed by atoms with Crippen LogP contribution in [0.5, 0.6) is 0 Å². The molecule has 0 saturated carbocycles. The predicted molar refractivity (Wildman–Crippen MR) is 123 cm³/mol. The van der Waals surface area contributed by atoms with Crippen LogP contribution in [0.1, 0.15) is 52.7 Å². The van der Waals surface area contributed by atoms with Gasteiger partial charge in [-0.15, -0.1) is 0 Å². The Kier molecular flexibility index (Phi) is 4.35. The van der Waals surface area contributed by atoms with E-state index in [0.29, 0.717) is 0 Å². The van der Waals surface area contributed by atoms with Crippen LogP contribution in [0.3, 0.4) is 0 Å². The Bertz CT molecular complexity index is 1150. The van der Waals surface area contributed by atoms with Crippen LogP contribution in [0, 0.1) is 0 Å². The highest BCUT2D eigenvalue weighted by Gasteiger charge is 2.22. The Labute approximate surface area is 172 Å². The first-order chi connectivity index (χ1) is 13.1. The zero-order chi connectivity index (χ0) is 20.3. The minimum absolute atomic E-state index is 0.0758. The summed E-state index contributed by atoms with van der Waals surface area (Å²) in [6.45, 7) is 13.7. The molecule has 0 aliphatic carbocycles. The monoisotopic (exact) mass is 389 g/mol. The minimum Gasteiger partial charge on any atom is -0.309 e. The van der Waals surface area contributed by atoms with Crippen molar-refractivity contribution in [2.75, 3.05) is 0 Å². The highest BCUT2D eigenvalue weighted by Crippen LogP contribution is 2.37. The van der Waals surface area contributed by atoms with Gasteiger partial charge in [-0.25, -0.2) is 0 Å². The quantitative estimate of drug-likeness (QED) is 0.310. The van der Waals surface area contributed by atoms with E-state index in [9.17, 15) is 0 Å². The molecule has 4 rings (SSSR count). The van der Waals surface area contributed by atoms with Crippen molar-refractivity contribution in [2.45, 2.75) is 52.4 Å². The molecular weight excluding hydrogens is 362 g/mol. The van der Waals surface area contributed by atoms with Crippen LogP contribution in [0.4, 0.5) is 0 Å². The summed E-state index contributed by atoms with van der Waals surface area (Å²) < 4.78 is 2.36. The molecule has 0 bridgehead atoms. The maximum absolute atomic E-state index is 6.40. The number of benzene rings is 3. The van der Waals surface area contributed by atoms with E-state index in [0.717, 1.165) is 10.5 Å². The second-order valence-corrected chi connectivity index (χ2v) is 10.2. The van der Waals surface area contributed by atoms with Crippen molar-refractivity contribution >= 4 is 33.4 Å². The van der Waals surface area contributed by atoms with Gasteiger partial charge in [-0.1, -0.05) is 83.5 Å². The number of rotatable bonds is 1. The molecule has 0 fully saturated rings. The molecule has 0 aliphatic heterocycles. The fraction of sp³-hybridized carbons (Fsp3) is 0.308. The second kappa shape index (κ2) is 6.39. The number of aromatic nitrogens is 1. The number of para-hydroxylation sites is 1. The average molecular weight is 390 g/mol. The molecule has 2 heteroatoms. The van der Waals surface area contributed by atoms with Gasteiger partial charge in [-0.05, 0) is 52.3 Å². The Morgan fingerprint density at radius 1 is 0.643 bits per heavy atom. The Balaban J connectivity index is 2.14. The summed E-state index contributed by atoms with van der Waals surface area (Å²) in [7, 11) is 0. The normalized spacial score (nSPS) is 12.8. The Hall–Kier alpha value is -2.25. The molecule has 0 saturated heterocycles. The molecule has 4 aromatic rings. The molecule has 1 aromatic heterocycles. The smallest absolute Gasteiger partial charge is 0.0555 e. The van der Waals surface area contributed by atoms with Gasteiger partial charge in [-0.2, -0.15) is 0 Å². The maximum Gasteiger partial charge on any atom is 0.0555 e. The Morgan fingerprint density at radius 3 is 1.82 bits per heavy atom. The lowest BCUT2D eigenvalue weighted by Gasteiger charge is -2.26. The van der Waals surface area contributed by atoms with Crippen molar-refractivity contribution in [3.8, 4) is 5.69 Å². The number of halogens is 1. The first-order valence-electron chi connectivity index (χ1n) is 9.91. The molecule has 0 atom stereocenters. The minimum atomic E-state index is 0.0758. The van der Waals surface area contributed by atoms with Crippen LogP contribution in [0.15, 0.2) is 60.7 Å². The first kappa shape index (κ1) is 19.1. The van der Waals surface area contributed by atoms with Crippen LogP contribution in [-0.4, -0.2) is 4.57 Å². The standard InChI is InChI=1S/C26H28ClN/c1-25(2,3)17-13-18(26(4,5)6)15-20(14-17)28-23-10-8-7-9-21(23)22-12-11-19(27)16-24(22)28/h7-16H,1-6H3. The van der Waals surface area contributed by atoms with Gasteiger partial charge in [0.05, 0.1) is 11.0 Å². The van der Waals surface area contributed by atoms with Gasteiger partial charge in [0.2, 0.25) is 0 Å². The van der Waals surface area contributed by atoms with Gasteiger partial charge in [0.1, 0.15) is 0 Å². The van der Waals surface area contributed by atoms with Crippen molar-refractivity contribution in [1.29, 1.82) is 0 Å². The largest absolute Gasteiger partial charge is 0.309 e. The van der Waals surface area contributed by atoms with Crippen LogP contribution >= 0.6 is 11.6 Å². The van der Waals surface area contributed by atoms with Crippen LogP contribution in [0.2, 0.25) is 5.02 Å². The summed E-state index contributed by atoms with van der Waals surface area (Å²) >= 11 is 6.40. The maximum atomic E-state index is 6.40. The van der Waals surface area contributed by atoms with Crippen molar-refractivity contribution < 1.29 is 0 Å². The Morgan fingerprint density at radius 2 is 1.21 bits per heavy atom. The van der Waals surface area contributed by atoms with E-state index >= 15 is 0 Å². The summed E-state index contributed by atoms with van der Waals surface area (Å²) in [6.07, 6.45) is 0. The van der Waals surface area contributed by atoms with Crippen LogP contribution < -0.4 is 0 Å². The number of nitrogens with zero attached hydrogens (tertiary/aromatic N) is 1. The van der Waals surface area contributed by atoms with Crippen molar-refractivity contribution in [1.82, 2.24) is 4.57 Å². The SMILES string of the molecule is CC(C)(C)c1cc(-n2c3ccccc3c3ccc(Cl)cc32)cc(C(C)(C)C)c1. The highest BCUT2D eigenvalue weighted by atomic mass is 35.5. The third-order valence-electron chi connectivity index (χ3n) is 5.54. The summed E-state index contributed by atoms with van der Waals surface area (Å²) in [5.74, 6) is 0. The summed E-state index contributed by atoms with van der Waals surface area (Å²) in [4.78, 5) is 0. The van der Waals surface area contributed by atoms with E-state index in [1.807, 2.05) is 6.07 Å². The van der Waals surface area contributed by atoms with E-state index in [2.05, 4.69) is 101 Å². The molecule has 0 radical (unpaired) electrons. The van der Waals surface area contributed by atoms with Gasteiger partial charge in [-0.3, -0.25) is 0 Å². The van der Waals surface area contributed by atoms with E-state index in [4.69, 9.17) is 11.6 Å². The summed E-state index contributed by atoms with van der Waals surface area (Å²) in [5, 5.41) is 3.26. The topological polar surface area (TPSA) is 4.93 Å². The van der Waals surface area contributed by atoms with E-state index in [-0.39, 0.29) is 10.8 Å². The molecule has 0 unspecified atom stereocenters. The predicted octanol–water partition coefficient (Wildman–Crippen LogP) is 8.03. The van der Waals surface area contributed by atoms with Crippen LogP contribution in [0.25, 0.3) is 27.5 Å². The molecule has 28 heavy (non-hydrogen) atoms. The molecule has 0 amide bonds. The molecule has 0 aliphatic rings. The van der Waals surface area contributed by atoms with E-state index in [1.165, 1.54) is 33.1 Å². The van der Waals surface area contributed by atoms with E-state index < -0.39 is 0 Å². The highest BCUT2D eigenvalue weighted by molar-refractivity contribution is 6.31. The molecule has 1 nitrogen and oxygen atoms in total. The molecule has 0 spiro atoms. The van der Waals surface area contributed by atoms with Crippen molar-refractivity contribution in [2.24, 2.45) is 0 Å². The summed E-state index contributed by atoms with van der Waals surface area (Å²) in [5.41, 5.74) is 6.42. The lowest BCUT2D eigenvalue weighted by molar-refractivity contribution is 0.568. The lowest BCUT2D eigenvalue weighted by atomic mass is 9.80. The zero-order valence-corrected chi connectivity index (χ0v) is 18.4. The van der Waals surface area contributed by atoms with E-state index in [1.54, 1.807) is 0 Å². The molecule has 0 N–H and O–H groups in total. The summed E-state index contributed by atoms with van der Waals surface area (Å²) in [6, 6.07) is 21.8. The van der Waals surface area contributed by atoms with Gasteiger partial charge >= 0.3 is 0 Å². The average Bonchev–Trinajstić information content (AvgIpc) is 2.93. The second-order valence-electron chi connectivity index (χ2n) is 9.78. The molecule has 144 valence electrons. The van der Waals surface area contributed by atoms with Crippen molar-refractivity contribution in [3.63, 3.8) is 0 Å². The van der Waals surface area contributed by atoms with Crippen molar-refractivity contribution in [3.05, 3.63) is 76.8 Å². The fourth-order valence-electron chi connectivity index (χ4n) is 3.83. The van der Waals surface area contributed by atoms with Gasteiger partial charge in [0.25, 0.3) is 0 Å².